The normalized spacial score (nSPS) is 17.2. The second-order valence-electron chi connectivity index (χ2n) is 9.50. The predicted octanol–water partition coefficient (Wildman–Crippen LogP) is 4.46. The van der Waals surface area contributed by atoms with Crippen molar-refractivity contribution in [3.8, 4) is 17.1 Å². The molecule has 0 atom stereocenters. The van der Waals surface area contributed by atoms with Crippen molar-refractivity contribution in [2.24, 2.45) is 0 Å². The van der Waals surface area contributed by atoms with E-state index in [0.29, 0.717) is 31.8 Å². The number of benzene rings is 2. The summed E-state index contributed by atoms with van der Waals surface area (Å²) in [7, 11) is 0. The average molecular weight is 446 g/mol. The van der Waals surface area contributed by atoms with Gasteiger partial charge < -0.3 is 14.4 Å². The molecule has 8 heteroatoms. The number of carbonyl (C=O) groups is 1. The molecule has 0 unspecified atom stereocenters. The molecule has 2 aromatic carbocycles. The van der Waals surface area contributed by atoms with Gasteiger partial charge in [-0.3, -0.25) is 0 Å². The number of amides is 1. The average Bonchev–Trinajstić information content (AvgIpc) is 3.33. The largest absolute Gasteiger partial charge is 0.482 e. The van der Waals surface area contributed by atoms with Gasteiger partial charge in [0, 0.05) is 37.1 Å². The number of H-pyrrole nitrogens is 1. The van der Waals surface area contributed by atoms with Crippen molar-refractivity contribution in [1.29, 1.82) is 0 Å². The van der Waals surface area contributed by atoms with Gasteiger partial charge in [-0.1, -0.05) is 42.5 Å². The Morgan fingerprint density at radius 3 is 2.42 bits per heavy atom. The quantitative estimate of drug-likeness (QED) is 0.626. The van der Waals surface area contributed by atoms with E-state index < -0.39 is 11.2 Å². The van der Waals surface area contributed by atoms with Crippen molar-refractivity contribution < 1.29 is 14.3 Å². The number of para-hydroxylation sites is 1. The van der Waals surface area contributed by atoms with Crippen LogP contribution >= 0.6 is 0 Å². The van der Waals surface area contributed by atoms with Crippen molar-refractivity contribution in [1.82, 2.24) is 25.5 Å². The molecule has 170 valence electrons. The standard InChI is InChI=1S/C25H27N5O3/c1-24(2,3)33-23(31)30-14-12-25(13-15-30)16-20(19-6-4-5-7-21(19)32-25)17-8-10-18(11-9-17)22-26-28-29-27-22/h4-11,16H,12-15H2,1-3H3,(H,26,27,28,29). The lowest BCUT2D eigenvalue weighted by Crippen LogP contribution is -2.50. The fourth-order valence-corrected chi connectivity index (χ4v) is 4.33. The molecule has 2 aliphatic heterocycles. The zero-order chi connectivity index (χ0) is 23.1. The Labute approximate surface area is 192 Å². The van der Waals surface area contributed by atoms with Gasteiger partial charge in [0.25, 0.3) is 0 Å². The van der Waals surface area contributed by atoms with E-state index in [9.17, 15) is 4.79 Å². The molecule has 1 saturated heterocycles. The highest BCUT2D eigenvalue weighted by Gasteiger charge is 2.40. The third kappa shape index (κ3) is 4.33. The van der Waals surface area contributed by atoms with E-state index in [4.69, 9.17) is 9.47 Å². The number of hydrogen-bond acceptors (Lipinski definition) is 6. The highest BCUT2D eigenvalue weighted by Crippen LogP contribution is 2.43. The van der Waals surface area contributed by atoms with Crippen LogP contribution in [-0.4, -0.2) is 55.9 Å². The number of nitrogens with one attached hydrogen (secondary N) is 1. The number of carbonyl (C=O) groups excluding carboxylic acids is 1. The summed E-state index contributed by atoms with van der Waals surface area (Å²) in [6, 6.07) is 16.2. The van der Waals surface area contributed by atoms with Crippen molar-refractivity contribution >= 4 is 11.7 Å². The molecule has 1 N–H and O–H groups in total. The summed E-state index contributed by atoms with van der Waals surface area (Å²) in [5, 5.41) is 14.2. The number of likely N-dealkylation sites (tertiary alicyclic amines) is 1. The molecule has 1 spiro atoms. The fourth-order valence-electron chi connectivity index (χ4n) is 4.33. The second kappa shape index (κ2) is 8.03. The molecule has 5 rings (SSSR count). The molecule has 2 aliphatic rings. The van der Waals surface area contributed by atoms with Crippen LogP contribution in [0.1, 0.15) is 44.7 Å². The molecule has 1 fully saturated rings. The van der Waals surface area contributed by atoms with Crippen LogP contribution in [-0.2, 0) is 4.74 Å². The Hall–Kier alpha value is -3.68. The number of hydrogen-bond donors (Lipinski definition) is 1. The highest BCUT2D eigenvalue weighted by molar-refractivity contribution is 5.85. The van der Waals surface area contributed by atoms with Crippen LogP contribution < -0.4 is 4.74 Å². The molecule has 8 nitrogen and oxygen atoms in total. The smallest absolute Gasteiger partial charge is 0.410 e. The van der Waals surface area contributed by atoms with Gasteiger partial charge in [0.05, 0.1) is 0 Å². The summed E-state index contributed by atoms with van der Waals surface area (Å²) in [5.74, 6) is 1.43. The van der Waals surface area contributed by atoms with Crippen LogP contribution in [0.2, 0.25) is 0 Å². The van der Waals surface area contributed by atoms with Crippen molar-refractivity contribution in [2.75, 3.05) is 13.1 Å². The number of rotatable bonds is 2. The van der Waals surface area contributed by atoms with Crippen molar-refractivity contribution in [3.05, 3.63) is 65.7 Å². The minimum absolute atomic E-state index is 0.269. The summed E-state index contributed by atoms with van der Waals surface area (Å²) in [5.41, 5.74) is 3.20. The molecule has 3 heterocycles. The van der Waals surface area contributed by atoms with Gasteiger partial charge in [-0.25, -0.2) is 4.79 Å². The van der Waals surface area contributed by atoms with Crippen LogP contribution in [0.3, 0.4) is 0 Å². The molecule has 33 heavy (non-hydrogen) atoms. The minimum Gasteiger partial charge on any atom is -0.482 e. The first-order valence-corrected chi connectivity index (χ1v) is 11.2. The number of nitrogens with zero attached hydrogens (tertiary/aromatic N) is 4. The second-order valence-corrected chi connectivity index (χ2v) is 9.50. The first-order chi connectivity index (χ1) is 15.8. The van der Waals surface area contributed by atoms with Crippen LogP contribution in [0, 0.1) is 0 Å². The topological polar surface area (TPSA) is 93.2 Å². The summed E-state index contributed by atoms with van der Waals surface area (Å²) in [4.78, 5) is 14.3. The van der Waals surface area contributed by atoms with E-state index in [0.717, 1.165) is 28.0 Å². The molecular weight excluding hydrogens is 418 g/mol. The fraction of sp³-hybridized carbons (Fsp3) is 0.360. The van der Waals surface area contributed by atoms with E-state index in [1.54, 1.807) is 4.90 Å². The first kappa shape index (κ1) is 21.2. The van der Waals surface area contributed by atoms with E-state index in [1.807, 2.05) is 51.1 Å². The highest BCUT2D eigenvalue weighted by atomic mass is 16.6. The van der Waals surface area contributed by atoms with Gasteiger partial charge in [0.2, 0.25) is 5.82 Å². The Balaban J connectivity index is 1.42. The summed E-state index contributed by atoms with van der Waals surface area (Å²) in [6.45, 7) is 6.82. The van der Waals surface area contributed by atoms with Gasteiger partial charge >= 0.3 is 6.09 Å². The van der Waals surface area contributed by atoms with Crippen LogP contribution in [0.25, 0.3) is 17.0 Å². The summed E-state index contributed by atoms with van der Waals surface area (Å²) in [6.07, 6.45) is 3.36. The first-order valence-electron chi connectivity index (χ1n) is 11.2. The molecular formula is C25H27N5O3. The van der Waals surface area contributed by atoms with Gasteiger partial charge in [-0.15, -0.1) is 10.2 Å². The van der Waals surface area contributed by atoms with Gasteiger partial charge in [0.1, 0.15) is 17.0 Å². The van der Waals surface area contributed by atoms with Crippen LogP contribution in [0.4, 0.5) is 4.79 Å². The van der Waals surface area contributed by atoms with Gasteiger partial charge in [-0.2, -0.15) is 5.21 Å². The molecule has 0 aliphatic carbocycles. The zero-order valence-electron chi connectivity index (χ0n) is 19.0. The maximum absolute atomic E-state index is 12.5. The van der Waals surface area contributed by atoms with E-state index in [1.165, 1.54) is 0 Å². The Bertz CT molecular complexity index is 1170. The van der Waals surface area contributed by atoms with Crippen LogP contribution in [0.15, 0.2) is 54.6 Å². The van der Waals surface area contributed by atoms with Crippen molar-refractivity contribution in [3.63, 3.8) is 0 Å². The lowest BCUT2D eigenvalue weighted by atomic mass is 9.83. The third-order valence-corrected chi connectivity index (χ3v) is 5.96. The third-order valence-electron chi connectivity index (χ3n) is 5.96. The van der Waals surface area contributed by atoms with E-state index in [-0.39, 0.29) is 6.09 Å². The SMILES string of the molecule is CC(C)(C)OC(=O)N1CCC2(C=C(c3ccc(-c4nn[nH]n4)cc3)c3ccccc3O2)CC1. The lowest BCUT2D eigenvalue weighted by molar-refractivity contribution is -0.00115. The minimum atomic E-state index is -0.507. The molecule has 0 saturated carbocycles. The predicted molar refractivity (Wildman–Crippen MR) is 124 cm³/mol. The van der Waals surface area contributed by atoms with Gasteiger partial charge in [-0.05, 0) is 49.3 Å². The molecule has 1 aromatic heterocycles. The molecule has 0 bridgehead atoms. The summed E-state index contributed by atoms with van der Waals surface area (Å²) >= 11 is 0. The number of ether oxygens (including phenoxy) is 2. The monoisotopic (exact) mass is 445 g/mol. The summed E-state index contributed by atoms with van der Waals surface area (Å²) < 4.78 is 12.1. The number of aromatic nitrogens is 4. The Morgan fingerprint density at radius 2 is 1.76 bits per heavy atom. The molecule has 3 aromatic rings. The Morgan fingerprint density at radius 1 is 1.06 bits per heavy atom. The maximum Gasteiger partial charge on any atom is 0.410 e. The van der Waals surface area contributed by atoms with Crippen molar-refractivity contribution in [2.45, 2.75) is 44.8 Å². The lowest BCUT2D eigenvalue weighted by Gasteiger charge is -2.43. The number of aromatic amines is 1. The van der Waals surface area contributed by atoms with Crippen LogP contribution in [0.5, 0.6) is 5.75 Å². The van der Waals surface area contributed by atoms with Gasteiger partial charge in [0.15, 0.2) is 0 Å². The number of piperidine rings is 1. The Kier molecular flexibility index (Phi) is 5.15. The number of tetrazole rings is 1. The molecule has 1 amide bonds. The maximum atomic E-state index is 12.5. The van der Waals surface area contributed by atoms with E-state index in [2.05, 4.69) is 44.9 Å². The zero-order valence-corrected chi connectivity index (χ0v) is 19.0. The van der Waals surface area contributed by atoms with E-state index >= 15 is 0 Å². The number of fused-ring (bicyclic) bond motifs is 1. The molecule has 0 radical (unpaired) electrons.